The van der Waals surface area contributed by atoms with E-state index in [-0.39, 0.29) is 16.3 Å². The second-order valence-corrected chi connectivity index (χ2v) is 6.91. The highest BCUT2D eigenvalue weighted by atomic mass is 35.5. The Morgan fingerprint density at radius 2 is 1.23 bits per heavy atom. The predicted molar refractivity (Wildman–Crippen MR) is 114 cm³/mol. The van der Waals surface area contributed by atoms with Crippen LogP contribution in [0.25, 0.3) is 6.08 Å². The summed E-state index contributed by atoms with van der Waals surface area (Å²) in [5, 5.41) is 9.70. The van der Waals surface area contributed by atoms with Crippen LogP contribution in [-0.4, -0.2) is 23.0 Å². The molecular weight excluding hydrogens is 404 g/mol. The first-order chi connectivity index (χ1) is 14.5. The topological polar surface area (TPSA) is 77.9 Å². The maximum Gasteiger partial charge on any atom is 0.343 e. The lowest BCUT2D eigenvalue weighted by atomic mass is 10.0. The number of carbonyl (C=O) groups excluding carboxylic acids is 3. The minimum atomic E-state index is -0.761. The lowest BCUT2D eigenvalue weighted by molar-refractivity contribution is -0.121. The predicted octanol–water partition coefficient (Wildman–Crippen LogP) is 4.63. The van der Waals surface area contributed by atoms with Crippen LogP contribution in [0.5, 0.6) is 5.75 Å². The fourth-order valence-electron chi connectivity index (χ4n) is 3.12. The molecule has 1 fully saturated rings. The molecule has 0 saturated carbocycles. The van der Waals surface area contributed by atoms with E-state index in [1.807, 2.05) is 0 Å². The summed E-state index contributed by atoms with van der Waals surface area (Å²) in [5.74, 6) is -1.60. The number of phenols is 1. The van der Waals surface area contributed by atoms with Crippen LogP contribution < -0.4 is 9.80 Å². The van der Waals surface area contributed by atoms with Crippen LogP contribution in [0.1, 0.15) is 5.56 Å². The highest BCUT2D eigenvalue weighted by Crippen LogP contribution is 2.30. The van der Waals surface area contributed by atoms with Crippen molar-refractivity contribution in [3.63, 3.8) is 0 Å². The van der Waals surface area contributed by atoms with Crippen molar-refractivity contribution in [3.8, 4) is 5.75 Å². The SMILES string of the molecule is O=C1C(=Cc2ccc(O)c(Cl)c2)C(=O)N(c2ccccc2)C(=O)N1c1ccccc1. The number of benzene rings is 3. The van der Waals surface area contributed by atoms with Crippen LogP contribution in [0.4, 0.5) is 16.2 Å². The first-order valence-corrected chi connectivity index (χ1v) is 9.38. The highest BCUT2D eigenvalue weighted by molar-refractivity contribution is 6.46. The summed E-state index contributed by atoms with van der Waals surface area (Å²) in [6.07, 6.45) is 1.36. The molecular formula is C23H15ClN2O4. The molecule has 7 heteroatoms. The van der Waals surface area contributed by atoms with E-state index in [9.17, 15) is 19.5 Å². The number of phenolic OH excluding ortho intramolecular Hbond substituents is 1. The number of imide groups is 2. The van der Waals surface area contributed by atoms with Crippen LogP contribution in [-0.2, 0) is 9.59 Å². The Kier molecular flexibility index (Phi) is 5.08. The molecule has 0 aromatic heterocycles. The van der Waals surface area contributed by atoms with Gasteiger partial charge in [-0.25, -0.2) is 14.6 Å². The Bertz CT molecular complexity index is 1110. The fourth-order valence-corrected chi connectivity index (χ4v) is 3.31. The van der Waals surface area contributed by atoms with Crippen molar-refractivity contribution in [2.24, 2.45) is 0 Å². The Balaban J connectivity index is 1.87. The van der Waals surface area contributed by atoms with Gasteiger partial charge in [-0.3, -0.25) is 9.59 Å². The van der Waals surface area contributed by atoms with Crippen LogP contribution in [0.15, 0.2) is 84.4 Å². The molecule has 1 N–H and O–H groups in total. The Hall–Kier alpha value is -3.90. The number of aromatic hydroxyl groups is 1. The number of urea groups is 1. The fraction of sp³-hybridized carbons (Fsp3) is 0. The Morgan fingerprint density at radius 3 is 1.70 bits per heavy atom. The summed E-state index contributed by atoms with van der Waals surface area (Å²) >= 11 is 5.95. The summed E-state index contributed by atoms with van der Waals surface area (Å²) in [5.41, 5.74) is 0.917. The molecule has 4 amide bonds. The van der Waals surface area contributed by atoms with Crippen molar-refractivity contribution in [1.29, 1.82) is 0 Å². The Morgan fingerprint density at radius 1 is 0.733 bits per heavy atom. The maximum absolute atomic E-state index is 13.2. The summed E-state index contributed by atoms with van der Waals surface area (Å²) in [6.45, 7) is 0. The molecule has 4 rings (SSSR count). The highest BCUT2D eigenvalue weighted by Gasteiger charge is 2.43. The van der Waals surface area contributed by atoms with Gasteiger partial charge in [0.25, 0.3) is 11.8 Å². The van der Waals surface area contributed by atoms with E-state index in [1.165, 1.54) is 24.3 Å². The van der Waals surface area contributed by atoms with Gasteiger partial charge in [0.15, 0.2) is 0 Å². The van der Waals surface area contributed by atoms with Gasteiger partial charge in [-0.15, -0.1) is 0 Å². The minimum absolute atomic E-state index is 0.0796. The number of para-hydroxylation sites is 2. The molecule has 0 radical (unpaired) electrons. The molecule has 0 atom stereocenters. The van der Waals surface area contributed by atoms with E-state index in [0.29, 0.717) is 16.9 Å². The van der Waals surface area contributed by atoms with Crippen molar-refractivity contribution in [1.82, 2.24) is 0 Å². The number of halogens is 1. The summed E-state index contributed by atoms with van der Waals surface area (Å²) < 4.78 is 0. The van der Waals surface area contributed by atoms with E-state index in [4.69, 9.17) is 11.6 Å². The van der Waals surface area contributed by atoms with Crippen LogP contribution in [0, 0.1) is 0 Å². The number of anilines is 2. The van der Waals surface area contributed by atoms with E-state index in [2.05, 4.69) is 0 Å². The lowest BCUT2D eigenvalue weighted by Gasteiger charge is -2.33. The van der Waals surface area contributed by atoms with E-state index in [0.717, 1.165) is 9.80 Å². The van der Waals surface area contributed by atoms with Crippen molar-refractivity contribution in [2.75, 3.05) is 9.80 Å². The second-order valence-electron chi connectivity index (χ2n) is 6.50. The van der Waals surface area contributed by atoms with Gasteiger partial charge in [-0.05, 0) is 48.0 Å². The summed E-state index contributed by atoms with van der Waals surface area (Å²) in [7, 11) is 0. The van der Waals surface area contributed by atoms with Crippen LogP contribution in [0.2, 0.25) is 5.02 Å². The third-order valence-corrected chi connectivity index (χ3v) is 4.86. The average molecular weight is 419 g/mol. The molecule has 1 aliphatic rings. The number of hydrogen-bond acceptors (Lipinski definition) is 4. The summed E-state index contributed by atoms with van der Waals surface area (Å²) in [6, 6.07) is 20.3. The number of barbiturate groups is 1. The molecule has 1 heterocycles. The second kappa shape index (κ2) is 7.85. The molecule has 6 nitrogen and oxygen atoms in total. The molecule has 0 spiro atoms. The molecule has 0 aliphatic carbocycles. The monoisotopic (exact) mass is 418 g/mol. The zero-order chi connectivity index (χ0) is 21.3. The van der Waals surface area contributed by atoms with Crippen LogP contribution in [0.3, 0.4) is 0 Å². The van der Waals surface area contributed by atoms with Crippen molar-refractivity contribution in [3.05, 3.63) is 95.0 Å². The minimum Gasteiger partial charge on any atom is -0.506 e. The average Bonchev–Trinajstić information content (AvgIpc) is 2.75. The quantitative estimate of drug-likeness (QED) is 0.497. The number of rotatable bonds is 3. The number of carbonyl (C=O) groups is 3. The first kappa shape index (κ1) is 19.4. The van der Waals surface area contributed by atoms with Crippen molar-refractivity contribution >= 4 is 46.9 Å². The van der Waals surface area contributed by atoms with Crippen molar-refractivity contribution in [2.45, 2.75) is 0 Å². The van der Waals surface area contributed by atoms with E-state index >= 15 is 0 Å². The van der Waals surface area contributed by atoms with Gasteiger partial charge in [0.2, 0.25) is 0 Å². The Labute approximate surface area is 177 Å². The third-order valence-electron chi connectivity index (χ3n) is 4.56. The van der Waals surface area contributed by atoms with Gasteiger partial charge in [0.1, 0.15) is 11.3 Å². The van der Waals surface area contributed by atoms with E-state index in [1.54, 1.807) is 60.7 Å². The van der Waals surface area contributed by atoms with Gasteiger partial charge in [0, 0.05) is 0 Å². The molecule has 1 saturated heterocycles. The normalized spacial score (nSPS) is 14.3. The lowest BCUT2D eigenvalue weighted by Crippen LogP contribution is -2.57. The zero-order valence-corrected chi connectivity index (χ0v) is 16.3. The maximum atomic E-state index is 13.2. The summed E-state index contributed by atoms with van der Waals surface area (Å²) in [4.78, 5) is 41.5. The largest absolute Gasteiger partial charge is 0.506 e. The molecule has 30 heavy (non-hydrogen) atoms. The van der Waals surface area contributed by atoms with Gasteiger partial charge >= 0.3 is 6.03 Å². The first-order valence-electron chi connectivity index (χ1n) is 9.00. The number of amides is 4. The van der Waals surface area contributed by atoms with Gasteiger partial charge in [-0.1, -0.05) is 54.1 Å². The number of nitrogens with zero attached hydrogens (tertiary/aromatic N) is 2. The van der Waals surface area contributed by atoms with Crippen LogP contribution >= 0.6 is 11.6 Å². The molecule has 0 unspecified atom stereocenters. The molecule has 3 aromatic carbocycles. The smallest absolute Gasteiger partial charge is 0.343 e. The number of hydrogen-bond donors (Lipinski definition) is 1. The third kappa shape index (κ3) is 3.44. The standard InChI is InChI=1S/C23H15ClN2O4/c24-19-14-15(11-12-20(19)27)13-18-21(28)25(16-7-3-1-4-8-16)23(30)26(22(18)29)17-9-5-2-6-10-17/h1-14,27H. The van der Waals surface area contributed by atoms with Gasteiger partial charge < -0.3 is 5.11 Å². The van der Waals surface area contributed by atoms with E-state index < -0.39 is 17.8 Å². The molecule has 1 aliphatic heterocycles. The molecule has 148 valence electrons. The molecule has 0 bridgehead atoms. The van der Waals surface area contributed by atoms with Gasteiger partial charge in [-0.2, -0.15) is 0 Å². The van der Waals surface area contributed by atoms with Crippen molar-refractivity contribution < 1.29 is 19.5 Å². The van der Waals surface area contributed by atoms with Gasteiger partial charge in [0.05, 0.1) is 16.4 Å². The zero-order valence-electron chi connectivity index (χ0n) is 15.5. The molecule has 3 aromatic rings.